The number of imidazole rings is 1. The van der Waals surface area contributed by atoms with Gasteiger partial charge < -0.3 is 4.90 Å². The van der Waals surface area contributed by atoms with Crippen LogP contribution in [0.2, 0.25) is 5.02 Å². The molecule has 6 heteroatoms. The van der Waals surface area contributed by atoms with E-state index in [1.165, 1.54) is 0 Å². The van der Waals surface area contributed by atoms with Crippen molar-refractivity contribution >= 4 is 28.5 Å². The predicted molar refractivity (Wildman–Crippen MR) is 106 cm³/mol. The number of hydrogen-bond donors (Lipinski definition) is 0. The molecule has 3 heterocycles. The van der Waals surface area contributed by atoms with E-state index in [4.69, 9.17) is 16.6 Å². The average Bonchev–Trinajstić information content (AvgIpc) is 3.01. The normalized spacial score (nSPS) is 11.1. The molecule has 4 rings (SSSR count). The van der Waals surface area contributed by atoms with Gasteiger partial charge in [0.05, 0.1) is 17.2 Å². The van der Waals surface area contributed by atoms with Crippen LogP contribution in [0.15, 0.2) is 55.0 Å². The summed E-state index contributed by atoms with van der Waals surface area (Å²) in [5.74, 6) is 1.76. The minimum atomic E-state index is 0.700. The third kappa shape index (κ3) is 2.80. The lowest BCUT2D eigenvalue weighted by atomic mass is 10.1. The van der Waals surface area contributed by atoms with Crippen LogP contribution in [0.5, 0.6) is 0 Å². The second kappa shape index (κ2) is 6.42. The first-order chi connectivity index (χ1) is 12.5. The van der Waals surface area contributed by atoms with Crippen molar-refractivity contribution in [3.63, 3.8) is 0 Å². The zero-order valence-electron chi connectivity index (χ0n) is 14.8. The average molecular weight is 364 g/mol. The minimum Gasteiger partial charge on any atom is -0.363 e. The number of rotatable bonds is 3. The molecule has 5 nitrogen and oxygen atoms in total. The van der Waals surface area contributed by atoms with Gasteiger partial charge in [0.25, 0.3) is 0 Å². The zero-order valence-corrected chi connectivity index (χ0v) is 15.6. The van der Waals surface area contributed by atoms with Crippen molar-refractivity contribution in [1.29, 1.82) is 0 Å². The molecular weight excluding hydrogens is 346 g/mol. The van der Waals surface area contributed by atoms with Crippen LogP contribution in [0, 0.1) is 6.92 Å². The van der Waals surface area contributed by atoms with Crippen molar-refractivity contribution in [1.82, 2.24) is 19.5 Å². The molecular formula is C20H18ClN5. The highest BCUT2D eigenvalue weighted by atomic mass is 35.5. The van der Waals surface area contributed by atoms with E-state index in [0.29, 0.717) is 5.02 Å². The maximum absolute atomic E-state index is 6.07. The van der Waals surface area contributed by atoms with Crippen LogP contribution < -0.4 is 4.90 Å². The molecule has 0 aliphatic rings. The number of aryl methyl sites for hydroxylation is 1. The van der Waals surface area contributed by atoms with Gasteiger partial charge in [-0.1, -0.05) is 11.6 Å². The number of benzene rings is 1. The Balaban J connectivity index is 1.98. The maximum atomic E-state index is 6.07. The molecule has 0 bridgehead atoms. The number of nitrogens with zero attached hydrogens (tertiary/aromatic N) is 5. The molecule has 3 aromatic heterocycles. The third-order valence-corrected chi connectivity index (χ3v) is 4.59. The minimum absolute atomic E-state index is 0.700. The van der Waals surface area contributed by atoms with Crippen LogP contribution in [0.3, 0.4) is 0 Å². The molecule has 0 atom stereocenters. The third-order valence-electron chi connectivity index (χ3n) is 4.34. The van der Waals surface area contributed by atoms with Gasteiger partial charge in [-0.25, -0.2) is 9.97 Å². The summed E-state index contributed by atoms with van der Waals surface area (Å²) >= 11 is 6.07. The molecule has 1 aromatic carbocycles. The van der Waals surface area contributed by atoms with Crippen LogP contribution >= 0.6 is 11.6 Å². The first kappa shape index (κ1) is 16.5. The Morgan fingerprint density at radius 3 is 2.50 bits per heavy atom. The highest BCUT2D eigenvalue weighted by Gasteiger charge is 2.17. The molecule has 0 aliphatic carbocycles. The van der Waals surface area contributed by atoms with Crippen LogP contribution in [0.25, 0.3) is 28.1 Å². The molecule has 0 unspecified atom stereocenters. The maximum Gasteiger partial charge on any atom is 0.147 e. The summed E-state index contributed by atoms with van der Waals surface area (Å²) in [5.41, 5.74) is 4.92. The molecule has 0 saturated carbocycles. The Morgan fingerprint density at radius 2 is 1.81 bits per heavy atom. The second-order valence-electron chi connectivity index (χ2n) is 6.36. The summed E-state index contributed by atoms with van der Waals surface area (Å²) in [5, 5.41) is 0.700. The highest BCUT2D eigenvalue weighted by molar-refractivity contribution is 6.30. The van der Waals surface area contributed by atoms with Gasteiger partial charge in [-0.3, -0.25) is 9.55 Å². The highest BCUT2D eigenvalue weighted by Crippen LogP contribution is 2.31. The van der Waals surface area contributed by atoms with E-state index in [1.54, 1.807) is 6.20 Å². The van der Waals surface area contributed by atoms with Crippen LogP contribution in [0.1, 0.15) is 5.56 Å². The molecule has 0 aliphatic heterocycles. The van der Waals surface area contributed by atoms with E-state index in [0.717, 1.165) is 39.5 Å². The number of halogens is 1. The Hall–Kier alpha value is -2.92. The van der Waals surface area contributed by atoms with E-state index in [2.05, 4.69) is 27.5 Å². The van der Waals surface area contributed by atoms with Crippen molar-refractivity contribution < 1.29 is 0 Å². The van der Waals surface area contributed by atoms with Crippen LogP contribution in [-0.2, 0) is 0 Å². The Morgan fingerprint density at radius 1 is 1.04 bits per heavy atom. The van der Waals surface area contributed by atoms with Gasteiger partial charge in [0.15, 0.2) is 0 Å². The molecule has 0 spiro atoms. The standard InChI is InChI=1S/C20H18ClN5/c1-13-10-19(25(2)3)23-11-16(13)20-24-17-8-9-22-12-18(17)26(20)15-6-4-14(21)5-7-15/h4-12H,1-3H3. The van der Waals surface area contributed by atoms with Crippen molar-refractivity contribution in [2.24, 2.45) is 0 Å². The van der Waals surface area contributed by atoms with Gasteiger partial charge in [-0.15, -0.1) is 0 Å². The van der Waals surface area contributed by atoms with E-state index in [9.17, 15) is 0 Å². The smallest absolute Gasteiger partial charge is 0.147 e. The monoisotopic (exact) mass is 363 g/mol. The number of hydrogen-bond acceptors (Lipinski definition) is 4. The van der Waals surface area contributed by atoms with E-state index in [1.807, 2.05) is 61.7 Å². The molecule has 0 radical (unpaired) electrons. The van der Waals surface area contributed by atoms with Gasteiger partial charge in [-0.05, 0) is 48.9 Å². The number of aromatic nitrogens is 4. The lowest BCUT2D eigenvalue weighted by molar-refractivity contribution is 1.05. The van der Waals surface area contributed by atoms with Crippen molar-refractivity contribution in [2.75, 3.05) is 19.0 Å². The molecule has 4 aromatic rings. The Kier molecular flexibility index (Phi) is 4.09. The van der Waals surface area contributed by atoms with Crippen LogP contribution in [-0.4, -0.2) is 33.6 Å². The van der Waals surface area contributed by atoms with E-state index in [-0.39, 0.29) is 0 Å². The van der Waals surface area contributed by atoms with Gasteiger partial charge in [0, 0.05) is 42.8 Å². The lowest BCUT2D eigenvalue weighted by Crippen LogP contribution is -2.11. The number of anilines is 1. The second-order valence-corrected chi connectivity index (χ2v) is 6.80. The summed E-state index contributed by atoms with van der Waals surface area (Å²) in [4.78, 5) is 15.7. The molecule has 0 saturated heterocycles. The van der Waals surface area contributed by atoms with Crippen LogP contribution in [0.4, 0.5) is 5.82 Å². The molecule has 0 amide bonds. The quantitative estimate of drug-likeness (QED) is 0.537. The predicted octanol–water partition coefficient (Wildman–Crippen LogP) is 4.51. The molecule has 130 valence electrons. The summed E-state index contributed by atoms with van der Waals surface area (Å²) in [6.45, 7) is 2.08. The fraction of sp³-hybridized carbons (Fsp3) is 0.150. The first-order valence-electron chi connectivity index (χ1n) is 8.27. The van der Waals surface area contributed by atoms with Crippen molar-refractivity contribution in [3.8, 4) is 17.1 Å². The molecule has 0 fully saturated rings. The number of fused-ring (bicyclic) bond motifs is 1. The van der Waals surface area contributed by atoms with Crippen molar-refractivity contribution in [2.45, 2.75) is 6.92 Å². The fourth-order valence-electron chi connectivity index (χ4n) is 2.98. The fourth-order valence-corrected chi connectivity index (χ4v) is 3.10. The van der Waals surface area contributed by atoms with E-state index < -0.39 is 0 Å². The summed E-state index contributed by atoms with van der Waals surface area (Å²) in [7, 11) is 3.96. The Labute approximate surface area is 156 Å². The molecule has 0 N–H and O–H groups in total. The molecule has 26 heavy (non-hydrogen) atoms. The SMILES string of the molecule is Cc1cc(N(C)C)ncc1-c1nc2ccncc2n1-c1ccc(Cl)cc1. The van der Waals surface area contributed by atoms with Gasteiger partial charge >= 0.3 is 0 Å². The largest absolute Gasteiger partial charge is 0.363 e. The summed E-state index contributed by atoms with van der Waals surface area (Å²) < 4.78 is 2.10. The first-order valence-corrected chi connectivity index (χ1v) is 8.65. The Bertz CT molecular complexity index is 1080. The summed E-state index contributed by atoms with van der Waals surface area (Å²) in [6.07, 6.45) is 5.47. The summed E-state index contributed by atoms with van der Waals surface area (Å²) in [6, 6.07) is 11.7. The zero-order chi connectivity index (χ0) is 18.3. The lowest BCUT2D eigenvalue weighted by Gasteiger charge is -2.15. The van der Waals surface area contributed by atoms with Crippen molar-refractivity contribution in [3.05, 3.63) is 65.6 Å². The van der Waals surface area contributed by atoms with Gasteiger partial charge in [0.2, 0.25) is 0 Å². The van der Waals surface area contributed by atoms with Gasteiger partial charge in [0.1, 0.15) is 11.6 Å². The topological polar surface area (TPSA) is 46.8 Å². The van der Waals surface area contributed by atoms with Gasteiger partial charge in [-0.2, -0.15) is 0 Å². The number of pyridine rings is 2. The van der Waals surface area contributed by atoms with E-state index >= 15 is 0 Å².